The van der Waals surface area contributed by atoms with E-state index in [0.717, 1.165) is 18.4 Å². The van der Waals surface area contributed by atoms with Gasteiger partial charge in [-0.2, -0.15) is 5.10 Å². The lowest BCUT2D eigenvalue weighted by Crippen LogP contribution is -2.39. The monoisotopic (exact) mass is 605 g/mol. The molecule has 10 nitrogen and oxygen atoms in total. The van der Waals surface area contributed by atoms with Crippen LogP contribution < -0.4 is 10.6 Å². The highest BCUT2D eigenvalue weighted by Gasteiger charge is 2.46. The second-order valence-electron chi connectivity index (χ2n) is 12.8. The van der Waals surface area contributed by atoms with Crippen LogP contribution in [0.5, 0.6) is 0 Å². The van der Waals surface area contributed by atoms with Crippen LogP contribution in [0.4, 0.5) is 17.6 Å². The average Bonchev–Trinajstić information content (AvgIpc) is 3.47. The summed E-state index contributed by atoms with van der Waals surface area (Å²) in [6, 6.07) is 0.796. The first kappa shape index (κ1) is 29.5. The summed E-state index contributed by atoms with van der Waals surface area (Å²) in [5, 5.41) is 18.1. The van der Waals surface area contributed by atoms with Crippen LogP contribution in [0, 0.1) is 17.8 Å². The van der Waals surface area contributed by atoms with E-state index < -0.39 is 23.8 Å². The Kier molecular flexibility index (Phi) is 7.66. The van der Waals surface area contributed by atoms with Crippen molar-refractivity contribution in [2.24, 2.45) is 17.8 Å². The van der Waals surface area contributed by atoms with Crippen LogP contribution in [0.3, 0.4) is 0 Å². The number of hydrogen-bond donors (Lipinski definition) is 2. The van der Waals surface area contributed by atoms with Crippen molar-refractivity contribution in [3.05, 3.63) is 41.1 Å². The Bertz CT molecular complexity index is 1480. The van der Waals surface area contributed by atoms with Crippen LogP contribution >= 0.6 is 0 Å². The Hall–Kier alpha value is -3.58. The molecule has 0 bridgehead atoms. The van der Waals surface area contributed by atoms with Gasteiger partial charge in [0.1, 0.15) is 5.69 Å². The van der Waals surface area contributed by atoms with Crippen LogP contribution in [0.2, 0.25) is 0 Å². The van der Waals surface area contributed by atoms with E-state index in [1.807, 2.05) is 19.9 Å². The van der Waals surface area contributed by atoms with Crippen molar-refractivity contribution in [1.29, 1.82) is 0 Å². The number of nitrogens with one attached hydrogen (secondary N) is 2. The van der Waals surface area contributed by atoms with Crippen molar-refractivity contribution in [2.45, 2.75) is 101 Å². The van der Waals surface area contributed by atoms with E-state index in [-0.39, 0.29) is 86.3 Å². The molecule has 232 valence electrons. The normalized spacial score (nSPS) is 21.8. The summed E-state index contributed by atoms with van der Waals surface area (Å²) in [4.78, 5) is 30.8. The molecule has 0 aliphatic heterocycles. The quantitative estimate of drug-likeness (QED) is 0.291. The van der Waals surface area contributed by atoms with E-state index in [2.05, 4.69) is 26.0 Å². The molecule has 2 amide bonds. The van der Waals surface area contributed by atoms with E-state index >= 15 is 0 Å². The Balaban J connectivity index is 1.24. The topological polar surface area (TPSA) is 127 Å². The van der Waals surface area contributed by atoms with Crippen molar-refractivity contribution in [1.82, 2.24) is 35.5 Å². The maximum Gasteiger partial charge on any atom is 0.276 e. The van der Waals surface area contributed by atoms with E-state index in [0.29, 0.717) is 17.0 Å². The van der Waals surface area contributed by atoms with Gasteiger partial charge in [-0.15, -0.1) is 0 Å². The molecule has 3 aromatic rings. The Morgan fingerprint density at radius 1 is 1.00 bits per heavy atom. The number of amides is 2. The number of fused-ring (bicyclic) bond motifs is 1. The molecule has 3 saturated carbocycles. The largest absolute Gasteiger partial charge is 0.349 e. The van der Waals surface area contributed by atoms with Crippen molar-refractivity contribution in [2.75, 3.05) is 0 Å². The van der Waals surface area contributed by atoms with E-state index in [1.165, 1.54) is 0 Å². The zero-order valence-electron chi connectivity index (χ0n) is 24.0. The van der Waals surface area contributed by atoms with Gasteiger partial charge in [0.2, 0.25) is 17.8 Å². The molecular formula is C29H35F4N7O3. The Morgan fingerprint density at radius 3 is 2.35 bits per heavy atom. The number of carbonyl (C=O) groups is 2. The van der Waals surface area contributed by atoms with Crippen molar-refractivity contribution >= 4 is 17.5 Å². The van der Waals surface area contributed by atoms with E-state index in [9.17, 15) is 27.2 Å². The molecule has 3 heterocycles. The number of aromatic nitrogens is 5. The Morgan fingerprint density at radius 2 is 1.70 bits per heavy atom. The lowest BCUT2D eigenvalue weighted by atomic mass is 9.79. The number of imidazole rings is 1. The average molecular weight is 606 g/mol. The fourth-order valence-corrected chi connectivity index (χ4v) is 6.33. The highest BCUT2D eigenvalue weighted by molar-refractivity contribution is 5.93. The standard InChI is InChI=1S/C29H35F4N7O3/c1-15(2)23-26(39-43-38-23)27(42)37-25(18-5-7-28(30,31)8-6-18)20-14-40-21(35-20)10-19(13-34-40)24(17-3-4-17)36-22(41)9-16-11-29(32,33)12-16/h10,13-18,24-25H,3-9,11-12H2,1-2H3,(H,36,41)(H,37,42)/t24?,25-/m0/s1. The molecule has 0 saturated heterocycles. The molecule has 3 aliphatic rings. The molecule has 3 fully saturated rings. The van der Waals surface area contributed by atoms with Crippen LogP contribution in [-0.2, 0) is 4.79 Å². The van der Waals surface area contributed by atoms with Gasteiger partial charge in [-0.25, -0.2) is 31.7 Å². The number of hydrogen-bond acceptors (Lipinski definition) is 7. The van der Waals surface area contributed by atoms with Gasteiger partial charge < -0.3 is 10.6 Å². The van der Waals surface area contributed by atoms with Gasteiger partial charge in [-0.3, -0.25) is 9.59 Å². The zero-order valence-corrected chi connectivity index (χ0v) is 24.0. The minimum Gasteiger partial charge on any atom is -0.349 e. The smallest absolute Gasteiger partial charge is 0.276 e. The number of rotatable bonds is 10. The van der Waals surface area contributed by atoms with Crippen LogP contribution in [-0.4, -0.2) is 48.6 Å². The van der Waals surface area contributed by atoms with Crippen LogP contribution in [0.1, 0.15) is 117 Å². The molecule has 0 aromatic carbocycles. The highest BCUT2D eigenvalue weighted by Crippen LogP contribution is 2.45. The third-order valence-electron chi connectivity index (χ3n) is 8.89. The first-order valence-electron chi connectivity index (χ1n) is 14.9. The third kappa shape index (κ3) is 6.52. The van der Waals surface area contributed by atoms with E-state index in [4.69, 9.17) is 9.61 Å². The fraction of sp³-hybridized carbons (Fsp3) is 0.655. The molecule has 3 aromatic heterocycles. The zero-order chi connectivity index (χ0) is 30.5. The molecule has 43 heavy (non-hydrogen) atoms. The first-order valence-corrected chi connectivity index (χ1v) is 14.9. The van der Waals surface area contributed by atoms with Gasteiger partial charge in [0.25, 0.3) is 5.91 Å². The highest BCUT2D eigenvalue weighted by atomic mass is 19.3. The summed E-state index contributed by atoms with van der Waals surface area (Å²) in [5.74, 6) is -6.73. The molecular weight excluding hydrogens is 570 g/mol. The summed E-state index contributed by atoms with van der Waals surface area (Å²) in [6.07, 6.45) is 4.51. The summed E-state index contributed by atoms with van der Waals surface area (Å²) < 4.78 is 60.9. The predicted molar refractivity (Wildman–Crippen MR) is 144 cm³/mol. The first-order chi connectivity index (χ1) is 20.4. The molecule has 14 heteroatoms. The second kappa shape index (κ2) is 11.2. The molecule has 3 aliphatic carbocycles. The molecule has 6 rings (SSSR count). The predicted octanol–water partition coefficient (Wildman–Crippen LogP) is 5.54. The number of carbonyl (C=O) groups excluding carboxylic acids is 2. The molecule has 2 atom stereocenters. The Labute approximate surface area is 245 Å². The molecule has 2 N–H and O–H groups in total. The molecule has 1 unspecified atom stereocenters. The fourth-order valence-electron chi connectivity index (χ4n) is 6.33. The van der Waals surface area contributed by atoms with Gasteiger partial charge >= 0.3 is 0 Å². The van der Waals surface area contributed by atoms with Crippen LogP contribution in [0.15, 0.2) is 23.1 Å². The number of halogens is 4. The third-order valence-corrected chi connectivity index (χ3v) is 8.89. The summed E-state index contributed by atoms with van der Waals surface area (Å²) >= 11 is 0. The summed E-state index contributed by atoms with van der Waals surface area (Å²) in [6.45, 7) is 3.71. The minimum atomic E-state index is -2.75. The summed E-state index contributed by atoms with van der Waals surface area (Å²) in [5.41, 5.74) is 2.12. The van der Waals surface area contributed by atoms with Gasteiger partial charge in [0.15, 0.2) is 11.3 Å². The van der Waals surface area contributed by atoms with Crippen LogP contribution in [0.25, 0.3) is 5.65 Å². The van der Waals surface area contributed by atoms with Crippen molar-refractivity contribution in [3.8, 4) is 0 Å². The second-order valence-corrected chi connectivity index (χ2v) is 12.8. The number of alkyl halides is 4. The maximum absolute atomic E-state index is 14.0. The SMILES string of the molecule is CC(C)c1nonc1C(=O)N[C@H](c1cn2ncc(C(NC(=O)CC3CC(F)(F)C3)C3CC3)cc2n1)C1CCC(F)(F)CC1. The van der Waals surface area contributed by atoms with Gasteiger partial charge in [-0.1, -0.05) is 19.0 Å². The van der Waals surface area contributed by atoms with Gasteiger partial charge in [-0.05, 0) is 60.2 Å². The van der Waals surface area contributed by atoms with E-state index in [1.54, 1.807) is 16.9 Å². The van der Waals surface area contributed by atoms with Crippen molar-refractivity contribution < 1.29 is 31.8 Å². The lowest BCUT2D eigenvalue weighted by Gasteiger charge is -2.34. The molecule has 0 radical (unpaired) electrons. The lowest BCUT2D eigenvalue weighted by molar-refractivity contribution is -0.134. The van der Waals surface area contributed by atoms with Gasteiger partial charge in [0.05, 0.1) is 30.2 Å². The minimum absolute atomic E-state index is 0.0407. The maximum atomic E-state index is 14.0. The summed E-state index contributed by atoms with van der Waals surface area (Å²) in [7, 11) is 0. The number of nitrogens with zero attached hydrogens (tertiary/aromatic N) is 5. The molecule has 0 spiro atoms. The van der Waals surface area contributed by atoms with Gasteiger partial charge in [0, 0.05) is 38.0 Å². The van der Waals surface area contributed by atoms with Crippen molar-refractivity contribution in [3.63, 3.8) is 0 Å².